The molecule has 0 aromatic heterocycles. The van der Waals surface area contributed by atoms with Crippen molar-refractivity contribution in [2.75, 3.05) is 7.05 Å². The maximum atomic E-state index is 10.7. The van der Waals surface area contributed by atoms with Gasteiger partial charge in [-0.25, -0.2) is 0 Å². The molecule has 0 radical (unpaired) electrons. The Kier molecular flexibility index (Phi) is 4.57. The standard InChI is InChI=1S/C18H35NO/c1-13-9-7-8-10-14(13)11-15-16(20)12-17(2,3)19(6)18(15,4)5/h13-16,20H,7-12H2,1-6H3. The lowest BCUT2D eigenvalue weighted by Crippen LogP contribution is -2.65. The molecule has 2 rings (SSSR count). The van der Waals surface area contributed by atoms with Crippen molar-refractivity contribution in [3.8, 4) is 0 Å². The van der Waals surface area contributed by atoms with Crippen LogP contribution >= 0.6 is 0 Å². The van der Waals surface area contributed by atoms with E-state index in [0.29, 0.717) is 5.92 Å². The topological polar surface area (TPSA) is 23.5 Å². The van der Waals surface area contributed by atoms with Crippen LogP contribution in [-0.2, 0) is 0 Å². The third-order valence-electron chi connectivity index (χ3n) is 6.70. The number of aliphatic hydroxyl groups excluding tert-OH is 1. The molecule has 0 spiro atoms. The quantitative estimate of drug-likeness (QED) is 0.824. The van der Waals surface area contributed by atoms with Crippen LogP contribution in [0.4, 0.5) is 0 Å². The SMILES string of the molecule is CC1CCCCC1CC1C(O)CC(C)(C)N(C)C1(C)C. The Hall–Kier alpha value is -0.0800. The van der Waals surface area contributed by atoms with Crippen LogP contribution in [0.5, 0.6) is 0 Å². The van der Waals surface area contributed by atoms with Crippen LogP contribution < -0.4 is 0 Å². The lowest BCUT2D eigenvalue weighted by Gasteiger charge is -2.57. The predicted molar refractivity (Wildman–Crippen MR) is 85.8 cm³/mol. The minimum absolute atomic E-state index is 0.0817. The van der Waals surface area contributed by atoms with Gasteiger partial charge in [0.1, 0.15) is 0 Å². The van der Waals surface area contributed by atoms with Crippen molar-refractivity contribution in [1.82, 2.24) is 4.90 Å². The normalized spacial score (nSPS) is 41.5. The minimum atomic E-state index is -0.148. The second kappa shape index (κ2) is 5.61. The van der Waals surface area contributed by atoms with Gasteiger partial charge in [0.05, 0.1) is 6.10 Å². The summed E-state index contributed by atoms with van der Waals surface area (Å²) >= 11 is 0. The molecule has 0 bridgehead atoms. The van der Waals surface area contributed by atoms with Crippen LogP contribution in [0.25, 0.3) is 0 Å². The van der Waals surface area contributed by atoms with Crippen LogP contribution in [0.15, 0.2) is 0 Å². The fourth-order valence-electron chi connectivity index (χ4n) is 4.81. The van der Waals surface area contributed by atoms with Crippen molar-refractivity contribution >= 4 is 0 Å². The Balaban J connectivity index is 2.13. The monoisotopic (exact) mass is 281 g/mol. The summed E-state index contributed by atoms with van der Waals surface area (Å²) in [5.74, 6) is 2.07. The lowest BCUT2D eigenvalue weighted by atomic mass is 9.65. The van der Waals surface area contributed by atoms with Gasteiger partial charge in [0, 0.05) is 17.0 Å². The van der Waals surface area contributed by atoms with E-state index >= 15 is 0 Å². The van der Waals surface area contributed by atoms with E-state index in [9.17, 15) is 5.11 Å². The highest BCUT2D eigenvalue weighted by atomic mass is 16.3. The molecular weight excluding hydrogens is 246 g/mol. The van der Waals surface area contributed by atoms with Gasteiger partial charge in [0.15, 0.2) is 0 Å². The van der Waals surface area contributed by atoms with Gasteiger partial charge in [-0.05, 0) is 59.4 Å². The summed E-state index contributed by atoms with van der Waals surface area (Å²) in [7, 11) is 2.24. The molecule has 2 fully saturated rings. The van der Waals surface area contributed by atoms with Crippen molar-refractivity contribution in [2.24, 2.45) is 17.8 Å². The van der Waals surface area contributed by atoms with Gasteiger partial charge in [0.2, 0.25) is 0 Å². The van der Waals surface area contributed by atoms with Gasteiger partial charge >= 0.3 is 0 Å². The molecule has 118 valence electrons. The molecule has 2 nitrogen and oxygen atoms in total. The van der Waals surface area contributed by atoms with Crippen LogP contribution in [0, 0.1) is 17.8 Å². The molecule has 4 atom stereocenters. The van der Waals surface area contributed by atoms with E-state index in [1.165, 1.54) is 32.1 Å². The summed E-state index contributed by atoms with van der Waals surface area (Å²) in [4.78, 5) is 2.50. The van der Waals surface area contributed by atoms with Gasteiger partial charge in [-0.1, -0.05) is 32.6 Å². The zero-order chi connectivity index (χ0) is 15.1. The number of hydrogen-bond acceptors (Lipinski definition) is 2. The first-order valence-corrected chi connectivity index (χ1v) is 8.58. The molecule has 0 amide bonds. The number of rotatable bonds is 2. The van der Waals surface area contributed by atoms with Crippen LogP contribution in [-0.4, -0.2) is 34.2 Å². The fourth-order valence-corrected chi connectivity index (χ4v) is 4.81. The Bertz CT molecular complexity index is 336. The first kappa shape index (κ1) is 16.3. The van der Waals surface area contributed by atoms with Crippen LogP contribution in [0.2, 0.25) is 0 Å². The second-order valence-corrected chi connectivity index (χ2v) is 8.66. The second-order valence-electron chi connectivity index (χ2n) is 8.66. The number of nitrogens with zero attached hydrogens (tertiary/aromatic N) is 1. The highest BCUT2D eigenvalue weighted by Gasteiger charge is 2.50. The van der Waals surface area contributed by atoms with E-state index in [4.69, 9.17) is 0 Å². The van der Waals surface area contributed by atoms with Crippen LogP contribution in [0.3, 0.4) is 0 Å². The lowest BCUT2D eigenvalue weighted by molar-refractivity contribution is -0.121. The molecule has 1 aliphatic heterocycles. The van der Waals surface area contributed by atoms with Crippen LogP contribution in [0.1, 0.15) is 73.1 Å². The Morgan fingerprint density at radius 3 is 2.30 bits per heavy atom. The summed E-state index contributed by atoms with van der Waals surface area (Å²) in [6, 6.07) is 0. The number of piperidine rings is 1. The fraction of sp³-hybridized carbons (Fsp3) is 1.00. The molecule has 1 saturated heterocycles. The van der Waals surface area contributed by atoms with Crippen molar-refractivity contribution in [1.29, 1.82) is 0 Å². The third kappa shape index (κ3) is 2.92. The zero-order valence-electron chi connectivity index (χ0n) is 14.4. The molecule has 20 heavy (non-hydrogen) atoms. The van der Waals surface area contributed by atoms with Crippen molar-refractivity contribution in [3.05, 3.63) is 0 Å². The highest BCUT2D eigenvalue weighted by Crippen LogP contribution is 2.46. The molecule has 2 heteroatoms. The van der Waals surface area contributed by atoms with E-state index in [2.05, 4.69) is 46.6 Å². The molecule has 1 heterocycles. The summed E-state index contributed by atoms with van der Waals surface area (Å²) in [6.45, 7) is 11.6. The van der Waals surface area contributed by atoms with E-state index in [1.54, 1.807) is 0 Å². The first-order valence-electron chi connectivity index (χ1n) is 8.58. The van der Waals surface area contributed by atoms with E-state index < -0.39 is 0 Å². The largest absolute Gasteiger partial charge is 0.393 e. The molecule has 1 N–H and O–H groups in total. The molecule has 2 aliphatic rings. The number of likely N-dealkylation sites (tertiary alicyclic amines) is 1. The highest BCUT2D eigenvalue weighted by molar-refractivity contribution is 5.04. The zero-order valence-corrected chi connectivity index (χ0v) is 14.4. The van der Waals surface area contributed by atoms with Gasteiger partial charge in [-0.3, -0.25) is 4.90 Å². The molecule has 0 aromatic carbocycles. The summed E-state index contributed by atoms with van der Waals surface area (Å²) in [5.41, 5.74) is 0.177. The Morgan fingerprint density at radius 1 is 1.10 bits per heavy atom. The van der Waals surface area contributed by atoms with Gasteiger partial charge in [-0.2, -0.15) is 0 Å². The number of aliphatic hydroxyl groups is 1. The van der Waals surface area contributed by atoms with Gasteiger partial charge < -0.3 is 5.11 Å². The maximum Gasteiger partial charge on any atom is 0.0603 e. The first-order chi connectivity index (χ1) is 9.16. The van der Waals surface area contributed by atoms with Crippen molar-refractivity contribution in [3.63, 3.8) is 0 Å². The molecule has 4 unspecified atom stereocenters. The average Bonchev–Trinajstić information content (AvgIpc) is 2.34. The Labute approximate surface area is 125 Å². The maximum absolute atomic E-state index is 10.7. The average molecular weight is 281 g/mol. The predicted octanol–water partition coefficient (Wildman–Crippen LogP) is 4.07. The third-order valence-corrected chi connectivity index (χ3v) is 6.70. The molecule has 0 aromatic rings. The van der Waals surface area contributed by atoms with Crippen molar-refractivity contribution in [2.45, 2.75) is 90.3 Å². The molecule has 1 aliphatic carbocycles. The summed E-state index contributed by atoms with van der Waals surface area (Å²) in [6.07, 6.45) is 7.50. The van der Waals surface area contributed by atoms with E-state index in [0.717, 1.165) is 18.3 Å². The van der Waals surface area contributed by atoms with E-state index in [1.807, 2.05) is 0 Å². The smallest absolute Gasteiger partial charge is 0.0603 e. The molecule has 1 saturated carbocycles. The Morgan fingerprint density at radius 2 is 1.70 bits per heavy atom. The van der Waals surface area contributed by atoms with Gasteiger partial charge in [-0.15, -0.1) is 0 Å². The van der Waals surface area contributed by atoms with Gasteiger partial charge in [0.25, 0.3) is 0 Å². The number of hydrogen-bond donors (Lipinski definition) is 1. The van der Waals surface area contributed by atoms with E-state index in [-0.39, 0.29) is 17.2 Å². The summed E-state index contributed by atoms with van der Waals surface area (Å²) < 4.78 is 0. The van der Waals surface area contributed by atoms with Crippen molar-refractivity contribution < 1.29 is 5.11 Å². The minimum Gasteiger partial charge on any atom is -0.393 e. The molecular formula is C18H35NO. The summed E-state index contributed by atoms with van der Waals surface area (Å²) in [5, 5.41) is 10.7.